The molecule has 0 radical (unpaired) electrons. The first-order valence-electron chi connectivity index (χ1n) is 8.60. The molecule has 0 heterocycles. The number of aliphatic hydroxyl groups excluding tert-OH is 1. The second kappa shape index (κ2) is 6.34. The van der Waals surface area contributed by atoms with Gasteiger partial charge in [-0.25, -0.2) is 0 Å². The van der Waals surface area contributed by atoms with Crippen LogP contribution in [0.25, 0.3) is 5.57 Å². The summed E-state index contributed by atoms with van der Waals surface area (Å²) in [6.45, 7) is -0.0866. The third-order valence-corrected chi connectivity index (χ3v) is 5.09. The Labute approximate surface area is 147 Å². The van der Waals surface area contributed by atoms with Crippen molar-refractivity contribution in [2.75, 3.05) is 6.61 Å². The first-order chi connectivity index (χ1) is 12.3. The van der Waals surface area contributed by atoms with Crippen LogP contribution in [0.2, 0.25) is 0 Å². The summed E-state index contributed by atoms with van der Waals surface area (Å²) in [4.78, 5) is 13.1. The monoisotopic (exact) mass is 332 g/mol. The molecule has 3 nitrogen and oxygen atoms in total. The third-order valence-electron chi connectivity index (χ3n) is 5.09. The molecule has 0 fully saturated rings. The predicted molar refractivity (Wildman–Crippen MR) is 96.7 cm³/mol. The van der Waals surface area contributed by atoms with E-state index in [1.54, 1.807) is 0 Å². The smallest absolute Gasteiger partial charge is 0.323 e. The van der Waals surface area contributed by atoms with Gasteiger partial charge in [-0.2, -0.15) is 0 Å². The van der Waals surface area contributed by atoms with Crippen molar-refractivity contribution in [3.63, 3.8) is 0 Å². The Balaban J connectivity index is 1.73. The molecule has 2 aromatic carbocycles. The van der Waals surface area contributed by atoms with Crippen LogP contribution in [-0.2, 0) is 21.6 Å². The van der Waals surface area contributed by atoms with E-state index in [1.807, 2.05) is 54.6 Å². The van der Waals surface area contributed by atoms with Crippen LogP contribution in [0.15, 0.2) is 72.3 Å². The Morgan fingerprint density at radius 3 is 2.52 bits per heavy atom. The molecule has 25 heavy (non-hydrogen) atoms. The van der Waals surface area contributed by atoms with E-state index < -0.39 is 5.41 Å². The predicted octanol–water partition coefficient (Wildman–Crippen LogP) is 3.78. The largest absolute Gasteiger partial charge is 0.460 e. The van der Waals surface area contributed by atoms with Crippen molar-refractivity contribution in [2.45, 2.75) is 24.9 Å². The Morgan fingerprint density at radius 1 is 1.00 bits per heavy atom. The molecule has 2 aromatic rings. The van der Waals surface area contributed by atoms with Gasteiger partial charge >= 0.3 is 5.97 Å². The van der Waals surface area contributed by atoms with Crippen molar-refractivity contribution in [3.8, 4) is 0 Å². The quantitative estimate of drug-likeness (QED) is 0.867. The number of rotatable bonds is 4. The van der Waals surface area contributed by atoms with Crippen molar-refractivity contribution in [3.05, 3.63) is 89.0 Å². The lowest BCUT2D eigenvalue weighted by molar-refractivity contribution is -0.151. The van der Waals surface area contributed by atoms with Gasteiger partial charge in [0.05, 0.1) is 6.61 Å². The van der Waals surface area contributed by atoms with Crippen LogP contribution in [0.3, 0.4) is 0 Å². The minimum Gasteiger partial charge on any atom is -0.460 e. The number of allylic oxidation sites excluding steroid dienone is 3. The zero-order valence-electron chi connectivity index (χ0n) is 13.9. The number of hydrogen-bond donors (Lipinski definition) is 1. The van der Waals surface area contributed by atoms with Crippen LogP contribution < -0.4 is 0 Å². The maximum atomic E-state index is 13.1. The van der Waals surface area contributed by atoms with Gasteiger partial charge in [-0.1, -0.05) is 66.7 Å². The van der Waals surface area contributed by atoms with E-state index in [0.29, 0.717) is 0 Å². The van der Waals surface area contributed by atoms with Crippen LogP contribution in [0.5, 0.6) is 0 Å². The average Bonchev–Trinajstić information content (AvgIpc) is 2.98. The van der Waals surface area contributed by atoms with Gasteiger partial charge in [0.1, 0.15) is 12.0 Å². The summed E-state index contributed by atoms with van der Waals surface area (Å²) in [5.41, 5.74) is 3.64. The maximum absolute atomic E-state index is 13.1. The van der Waals surface area contributed by atoms with E-state index >= 15 is 0 Å². The molecule has 0 bridgehead atoms. The van der Waals surface area contributed by atoms with E-state index in [1.165, 1.54) is 0 Å². The second-order valence-electron chi connectivity index (χ2n) is 6.48. The Hall–Kier alpha value is -2.65. The molecule has 0 aliphatic heterocycles. The highest BCUT2D eigenvalue weighted by Gasteiger charge is 2.52. The van der Waals surface area contributed by atoms with Crippen molar-refractivity contribution in [1.29, 1.82) is 0 Å². The zero-order chi connectivity index (χ0) is 17.3. The number of hydrogen-bond acceptors (Lipinski definition) is 3. The lowest BCUT2D eigenvalue weighted by Gasteiger charge is -2.28. The number of fused-ring (bicyclic) bond motifs is 3. The van der Waals surface area contributed by atoms with Gasteiger partial charge in [0.25, 0.3) is 0 Å². The maximum Gasteiger partial charge on any atom is 0.323 e. The minimum absolute atomic E-state index is 0.204. The summed E-state index contributed by atoms with van der Waals surface area (Å²) in [7, 11) is 0. The fourth-order valence-electron chi connectivity index (χ4n) is 3.87. The molecule has 0 aromatic heterocycles. The fourth-order valence-corrected chi connectivity index (χ4v) is 3.87. The standard InChI is InChI=1S/C22H20O3/c23-15-22(21(24)25-14-16-8-2-1-3-9-16)19-12-6-4-10-17(19)18-11-5-7-13-20(18)22/h1-4,6,8-13,23H,5,7,14-15H2. The Morgan fingerprint density at radius 2 is 1.72 bits per heavy atom. The van der Waals surface area contributed by atoms with Crippen molar-refractivity contribution in [2.24, 2.45) is 0 Å². The highest BCUT2D eigenvalue weighted by atomic mass is 16.5. The molecule has 0 spiro atoms. The molecule has 2 aliphatic rings. The van der Waals surface area contributed by atoms with Gasteiger partial charge in [0.2, 0.25) is 0 Å². The van der Waals surface area contributed by atoms with Gasteiger partial charge < -0.3 is 9.84 Å². The summed E-state index contributed by atoms with van der Waals surface area (Å²) < 4.78 is 5.65. The Bertz CT molecular complexity index is 864. The molecule has 0 saturated heterocycles. The van der Waals surface area contributed by atoms with E-state index in [2.05, 4.69) is 12.2 Å². The van der Waals surface area contributed by atoms with E-state index in [4.69, 9.17) is 4.74 Å². The number of aliphatic hydroxyl groups is 1. The van der Waals surface area contributed by atoms with Gasteiger partial charge in [0.15, 0.2) is 0 Å². The van der Waals surface area contributed by atoms with Gasteiger partial charge in [0, 0.05) is 0 Å². The average molecular weight is 332 g/mol. The summed E-state index contributed by atoms with van der Waals surface area (Å²) in [5, 5.41) is 10.3. The lowest BCUT2D eigenvalue weighted by Crippen LogP contribution is -2.40. The van der Waals surface area contributed by atoms with Crippen LogP contribution in [0, 0.1) is 0 Å². The first kappa shape index (κ1) is 15.9. The van der Waals surface area contributed by atoms with Crippen LogP contribution in [0.4, 0.5) is 0 Å². The number of carbonyl (C=O) groups excluding carboxylic acids is 1. The molecule has 2 aliphatic carbocycles. The molecular weight excluding hydrogens is 312 g/mol. The number of esters is 1. The lowest BCUT2D eigenvalue weighted by atomic mass is 9.77. The van der Waals surface area contributed by atoms with Gasteiger partial charge in [-0.3, -0.25) is 4.79 Å². The van der Waals surface area contributed by atoms with Crippen molar-refractivity contribution >= 4 is 11.5 Å². The van der Waals surface area contributed by atoms with E-state index in [0.717, 1.165) is 40.7 Å². The molecule has 0 amide bonds. The highest BCUT2D eigenvalue weighted by molar-refractivity contribution is 6.03. The summed E-state index contributed by atoms with van der Waals surface area (Å²) in [5.74, 6) is -0.386. The van der Waals surface area contributed by atoms with E-state index in [-0.39, 0.29) is 19.2 Å². The van der Waals surface area contributed by atoms with Crippen LogP contribution in [-0.4, -0.2) is 17.7 Å². The van der Waals surface area contributed by atoms with E-state index in [9.17, 15) is 9.90 Å². The van der Waals surface area contributed by atoms with Crippen LogP contribution in [0.1, 0.15) is 29.5 Å². The molecule has 1 N–H and O–H groups in total. The number of benzene rings is 2. The molecule has 3 heteroatoms. The first-order valence-corrected chi connectivity index (χ1v) is 8.60. The molecule has 4 rings (SSSR count). The summed E-state index contributed by atoms with van der Waals surface area (Å²) in [6, 6.07) is 17.4. The minimum atomic E-state index is -1.11. The number of carbonyl (C=O) groups is 1. The molecule has 1 atom stereocenters. The molecule has 0 saturated carbocycles. The molecule has 1 unspecified atom stereocenters. The van der Waals surface area contributed by atoms with Crippen molar-refractivity contribution in [1.82, 2.24) is 0 Å². The topological polar surface area (TPSA) is 46.5 Å². The SMILES string of the molecule is O=C(OCc1ccccc1)C1(CO)C2=CCCC=C2c2ccccc21. The second-order valence-corrected chi connectivity index (χ2v) is 6.48. The molecule has 126 valence electrons. The van der Waals surface area contributed by atoms with Crippen LogP contribution >= 0.6 is 0 Å². The zero-order valence-corrected chi connectivity index (χ0v) is 13.9. The van der Waals surface area contributed by atoms with Gasteiger partial charge in [-0.05, 0) is 40.7 Å². The third kappa shape index (κ3) is 2.43. The van der Waals surface area contributed by atoms with Crippen molar-refractivity contribution < 1.29 is 14.6 Å². The summed E-state index contributed by atoms with van der Waals surface area (Å²) >= 11 is 0. The fraction of sp³-hybridized carbons (Fsp3) is 0.227. The molecular formula is C22H20O3. The highest BCUT2D eigenvalue weighted by Crippen LogP contribution is 2.52. The summed E-state index contributed by atoms with van der Waals surface area (Å²) in [6.07, 6.45) is 6.07. The Kier molecular flexibility index (Phi) is 4.02. The number of ether oxygens (including phenoxy) is 1. The normalized spacial score (nSPS) is 21.0. The van der Waals surface area contributed by atoms with Gasteiger partial charge in [-0.15, -0.1) is 0 Å².